The molecule has 140 valence electrons. The van der Waals surface area contributed by atoms with Crippen molar-refractivity contribution in [1.82, 2.24) is 5.32 Å². The molecule has 1 heterocycles. The molecule has 1 amide bonds. The molecule has 0 spiro atoms. The molecule has 1 aliphatic rings. The number of esters is 1. The van der Waals surface area contributed by atoms with Crippen LogP contribution < -0.4 is 5.32 Å². The van der Waals surface area contributed by atoms with Crippen molar-refractivity contribution < 1.29 is 33.3 Å². The fourth-order valence-corrected chi connectivity index (χ4v) is 2.05. The van der Waals surface area contributed by atoms with Gasteiger partial charge >= 0.3 is 5.97 Å². The number of carbonyl (C=O) groups is 2. The van der Waals surface area contributed by atoms with E-state index in [0.29, 0.717) is 39.4 Å². The van der Waals surface area contributed by atoms with Crippen LogP contribution in [0.2, 0.25) is 0 Å². The Morgan fingerprint density at radius 2 is 2.12 bits per heavy atom. The Labute approximate surface area is 143 Å². The summed E-state index contributed by atoms with van der Waals surface area (Å²) in [7, 11) is 1.61. The Morgan fingerprint density at radius 1 is 1.29 bits per heavy atom. The monoisotopic (exact) mass is 347 g/mol. The fraction of sp³-hybridized carbons (Fsp3) is 0.875. The van der Waals surface area contributed by atoms with Crippen molar-refractivity contribution in [2.24, 2.45) is 0 Å². The molecular formula is C16H29NO7. The second kappa shape index (κ2) is 13.1. The summed E-state index contributed by atoms with van der Waals surface area (Å²) >= 11 is 0. The van der Waals surface area contributed by atoms with Crippen LogP contribution in [-0.2, 0) is 33.3 Å². The summed E-state index contributed by atoms with van der Waals surface area (Å²) in [6, 6.07) is 0. The van der Waals surface area contributed by atoms with E-state index < -0.39 is 12.1 Å². The van der Waals surface area contributed by atoms with Gasteiger partial charge in [0.1, 0.15) is 0 Å². The lowest BCUT2D eigenvalue weighted by molar-refractivity contribution is -0.160. The van der Waals surface area contributed by atoms with Crippen molar-refractivity contribution >= 4 is 11.9 Å². The van der Waals surface area contributed by atoms with Crippen LogP contribution in [0.4, 0.5) is 0 Å². The molecule has 0 aromatic heterocycles. The molecule has 0 aliphatic carbocycles. The molecule has 0 aromatic rings. The number of nitrogens with one attached hydrogen (secondary N) is 1. The van der Waals surface area contributed by atoms with E-state index in [9.17, 15) is 9.59 Å². The third-order valence-electron chi connectivity index (χ3n) is 3.45. The van der Waals surface area contributed by atoms with E-state index >= 15 is 0 Å². The Hall–Kier alpha value is -1.22. The summed E-state index contributed by atoms with van der Waals surface area (Å²) in [5, 5.41) is 2.66. The number of ether oxygens (including phenoxy) is 5. The number of hydrogen-bond acceptors (Lipinski definition) is 7. The minimum Gasteiger partial charge on any atom is -0.454 e. The molecular weight excluding hydrogens is 318 g/mol. The third kappa shape index (κ3) is 9.82. The van der Waals surface area contributed by atoms with Crippen LogP contribution in [0.25, 0.3) is 0 Å². The van der Waals surface area contributed by atoms with Crippen LogP contribution in [0, 0.1) is 0 Å². The van der Waals surface area contributed by atoms with Crippen molar-refractivity contribution in [3.05, 3.63) is 0 Å². The zero-order valence-corrected chi connectivity index (χ0v) is 14.6. The largest absolute Gasteiger partial charge is 0.454 e. The van der Waals surface area contributed by atoms with E-state index in [-0.39, 0.29) is 18.6 Å². The van der Waals surface area contributed by atoms with E-state index in [4.69, 9.17) is 23.7 Å². The molecule has 0 aromatic carbocycles. The number of rotatable bonds is 13. The maximum atomic E-state index is 11.7. The predicted molar refractivity (Wildman–Crippen MR) is 85.7 cm³/mol. The average Bonchev–Trinajstić information content (AvgIpc) is 3.10. The predicted octanol–water partition coefficient (Wildman–Crippen LogP) is 0.283. The normalized spacial score (nSPS) is 18.3. The third-order valence-corrected chi connectivity index (χ3v) is 3.45. The van der Waals surface area contributed by atoms with Crippen LogP contribution >= 0.6 is 0 Å². The first-order valence-electron chi connectivity index (χ1n) is 8.36. The van der Waals surface area contributed by atoms with Gasteiger partial charge in [0.05, 0.1) is 25.9 Å². The van der Waals surface area contributed by atoms with E-state index in [0.717, 1.165) is 19.4 Å². The van der Waals surface area contributed by atoms with Crippen LogP contribution in [0.1, 0.15) is 26.2 Å². The summed E-state index contributed by atoms with van der Waals surface area (Å²) in [6.45, 7) is 4.49. The fourth-order valence-electron chi connectivity index (χ4n) is 2.05. The smallest absolute Gasteiger partial charge is 0.335 e. The molecule has 0 saturated carbocycles. The Morgan fingerprint density at radius 3 is 2.83 bits per heavy atom. The number of amides is 1. The first-order chi connectivity index (χ1) is 11.6. The lowest BCUT2D eigenvalue weighted by Crippen LogP contribution is -2.33. The molecule has 8 nitrogen and oxygen atoms in total. The lowest BCUT2D eigenvalue weighted by Gasteiger charge is -2.15. The van der Waals surface area contributed by atoms with Crippen molar-refractivity contribution in [2.75, 3.05) is 53.3 Å². The van der Waals surface area contributed by atoms with Crippen LogP contribution in [0.15, 0.2) is 0 Å². The minimum absolute atomic E-state index is 0.0506. The molecule has 2 unspecified atom stereocenters. The van der Waals surface area contributed by atoms with Crippen molar-refractivity contribution in [3.8, 4) is 0 Å². The highest BCUT2D eigenvalue weighted by atomic mass is 16.6. The first-order valence-corrected chi connectivity index (χ1v) is 8.36. The SMILES string of the molecule is COCCOCCCNC(=O)COC(=O)C(C)OCC1CCCO1. The van der Waals surface area contributed by atoms with Crippen LogP contribution in [-0.4, -0.2) is 77.4 Å². The molecule has 1 fully saturated rings. The number of carbonyl (C=O) groups excluding carboxylic acids is 2. The van der Waals surface area contributed by atoms with Gasteiger partial charge in [-0.3, -0.25) is 4.79 Å². The second-order valence-corrected chi connectivity index (χ2v) is 5.53. The van der Waals surface area contributed by atoms with Gasteiger partial charge in [-0.25, -0.2) is 4.79 Å². The van der Waals surface area contributed by atoms with E-state index in [1.54, 1.807) is 14.0 Å². The van der Waals surface area contributed by atoms with Gasteiger partial charge in [-0.15, -0.1) is 0 Å². The maximum absolute atomic E-state index is 11.7. The topological polar surface area (TPSA) is 92.3 Å². The van der Waals surface area contributed by atoms with E-state index in [1.807, 2.05) is 0 Å². The summed E-state index contributed by atoms with van der Waals surface area (Å²) < 4.78 is 25.9. The average molecular weight is 347 g/mol. The Balaban J connectivity index is 1.98. The Kier molecular flexibility index (Phi) is 11.4. The van der Waals surface area contributed by atoms with Gasteiger partial charge in [0.15, 0.2) is 12.7 Å². The minimum atomic E-state index is -0.712. The highest BCUT2D eigenvalue weighted by Gasteiger charge is 2.21. The zero-order valence-electron chi connectivity index (χ0n) is 14.6. The van der Waals surface area contributed by atoms with Crippen LogP contribution in [0.3, 0.4) is 0 Å². The molecule has 8 heteroatoms. The van der Waals surface area contributed by atoms with Gasteiger partial charge < -0.3 is 29.0 Å². The highest BCUT2D eigenvalue weighted by molar-refractivity contribution is 5.81. The molecule has 2 atom stereocenters. The maximum Gasteiger partial charge on any atom is 0.335 e. The Bertz CT molecular complexity index is 358. The molecule has 1 saturated heterocycles. The molecule has 24 heavy (non-hydrogen) atoms. The van der Waals surface area contributed by atoms with E-state index in [2.05, 4.69) is 5.32 Å². The summed E-state index contributed by atoms with van der Waals surface area (Å²) in [4.78, 5) is 23.3. The van der Waals surface area contributed by atoms with Gasteiger partial charge in [0.25, 0.3) is 5.91 Å². The number of hydrogen-bond donors (Lipinski definition) is 1. The zero-order chi connectivity index (χ0) is 17.6. The van der Waals surface area contributed by atoms with Crippen molar-refractivity contribution in [1.29, 1.82) is 0 Å². The first kappa shape index (κ1) is 20.8. The van der Waals surface area contributed by atoms with Crippen molar-refractivity contribution in [3.63, 3.8) is 0 Å². The molecule has 1 N–H and O–H groups in total. The van der Waals surface area contributed by atoms with Gasteiger partial charge in [0.2, 0.25) is 0 Å². The second-order valence-electron chi connectivity index (χ2n) is 5.53. The summed E-state index contributed by atoms with van der Waals surface area (Å²) in [6.07, 6.45) is 1.99. The van der Waals surface area contributed by atoms with Gasteiger partial charge in [0, 0.05) is 26.9 Å². The number of methoxy groups -OCH3 is 1. The molecule has 0 bridgehead atoms. The van der Waals surface area contributed by atoms with Gasteiger partial charge in [-0.05, 0) is 26.2 Å². The molecule has 1 rings (SSSR count). The standard InChI is InChI=1S/C16H29NO7/c1-13(23-11-14-5-3-8-22-14)16(19)24-12-15(18)17-6-4-7-21-10-9-20-2/h13-14H,3-12H2,1-2H3,(H,17,18). The summed E-state index contributed by atoms with van der Waals surface area (Å²) in [5.74, 6) is -0.891. The van der Waals surface area contributed by atoms with Gasteiger partial charge in [-0.2, -0.15) is 0 Å². The van der Waals surface area contributed by atoms with Gasteiger partial charge in [-0.1, -0.05) is 0 Å². The molecule has 0 radical (unpaired) electrons. The van der Waals surface area contributed by atoms with Crippen molar-refractivity contribution in [2.45, 2.75) is 38.4 Å². The lowest BCUT2D eigenvalue weighted by atomic mass is 10.2. The highest BCUT2D eigenvalue weighted by Crippen LogP contribution is 2.12. The molecule has 1 aliphatic heterocycles. The quantitative estimate of drug-likeness (QED) is 0.378. The van der Waals surface area contributed by atoms with E-state index in [1.165, 1.54) is 0 Å². The van der Waals surface area contributed by atoms with Crippen LogP contribution in [0.5, 0.6) is 0 Å². The summed E-state index contributed by atoms with van der Waals surface area (Å²) in [5.41, 5.74) is 0.